The summed E-state index contributed by atoms with van der Waals surface area (Å²) >= 11 is 0. The van der Waals surface area contributed by atoms with Crippen LogP contribution in [0.25, 0.3) is 0 Å². The monoisotopic (exact) mass is 391 g/mol. The second-order valence-corrected chi connectivity index (χ2v) is 6.46. The highest BCUT2D eigenvalue weighted by atomic mass is 19.4. The fraction of sp³-hybridized carbons (Fsp3) is 0.211. The minimum atomic E-state index is -4.62. The van der Waals surface area contributed by atoms with Crippen LogP contribution >= 0.6 is 0 Å². The molecule has 6 nitrogen and oxygen atoms in total. The van der Waals surface area contributed by atoms with Crippen LogP contribution in [0.4, 0.5) is 29.3 Å². The number of alkyl halides is 3. The Hall–Kier alpha value is -3.36. The zero-order valence-electron chi connectivity index (χ0n) is 14.9. The third-order valence-corrected chi connectivity index (χ3v) is 4.17. The molecule has 0 atom stereocenters. The van der Waals surface area contributed by atoms with Crippen molar-refractivity contribution in [2.24, 2.45) is 0 Å². The van der Waals surface area contributed by atoms with Gasteiger partial charge in [-0.3, -0.25) is 14.5 Å². The van der Waals surface area contributed by atoms with Crippen molar-refractivity contribution in [2.45, 2.75) is 26.1 Å². The summed E-state index contributed by atoms with van der Waals surface area (Å²) in [7, 11) is 0. The van der Waals surface area contributed by atoms with Gasteiger partial charge in [0.25, 0.3) is 11.8 Å². The number of halogens is 3. The Kier molecular flexibility index (Phi) is 4.84. The Morgan fingerprint density at radius 1 is 0.964 bits per heavy atom. The van der Waals surface area contributed by atoms with Crippen LogP contribution in [-0.4, -0.2) is 28.8 Å². The van der Waals surface area contributed by atoms with E-state index in [1.807, 2.05) is 0 Å². The molecule has 0 unspecified atom stereocenters. The number of para-hydroxylation sites is 1. The van der Waals surface area contributed by atoms with Crippen LogP contribution in [-0.2, 0) is 6.18 Å². The van der Waals surface area contributed by atoms with Crippen molar-refractivity contribution in [1.82, 2.24) is 4.90 Å². The number of nitrogens with zero attached hydrogens (tertiary/aromatic N) is 1. The Morgan fingerprint density at radius 2 is 1.61 bits per heavy atom. The molecule has 0 bridgehead atoms. The minimum absolute atomic E-state index is 0.132. The van der Waals surface area contributed by atoms with Gasteiger partial charge in [0.05, 0.1) is 22.4 Å². The van der Waals surface area contributed by atoms with E-state index in [0.29, 0.717) is 0 Å². The van der Waals surface area contributed by atoms with Crippen molar-refractivity contribution in [3.63, 3.8) is 0 Å². The highest BCUT2D eigenvalue weighted by Crippen LogP contribution is 2.34. The maximum absolute atomic E-state index is 13.0. The van der Waals surface area contributed by atoms with Gasteiger partial charge in [0.1, 0.15) is 0 Å². The number of urea groups is 1. The highest BCUT2D eigenvalue weighted by molar-refractivity contribution is 6.22. The lowest BCUT2D eigenvalue weighted by molar-refractivity contribution is -0.136. The maximum atomic E-state index is 13.0. The first kappa shape index (κ1) is 19.4. The Morgan fingerprint density at radius 3 is 2.25 bits per heavy atom. The number of anilines is 2. The van der Waals surface area contributed by atoms with Crippen molar-refractivity contribution in [1.29, 1.82) is 0 Å². The van der Waals surface area contributed by atoms with Crippen molar-refractivity contribution in [3.8, 4) is 0 Å². The van der Waals surface area contributed by atoms with Gasteiger partial charge in [0, 0.05) is 11.7 Å². The first-order chi connectivity index (χ1) is 13.1. The summed E-state index contributed by atoms with van der Waals surface area (Å²) < 4.78 is 39.0. The van der Waals surface area contributed by atoms with E-state index in [9.17, 15) is 27.6 Å². The summed E-state index contributed by atoms with van der Waals surface area (Å²) in [6.07, 6.45) is -4.62. The molecule has 3 rings (SSSR count). The maximum Gasteiger partial charge on any atom is 0.418 e. The van der Waals surface area contributed by atoms with Gasteiger partial charge in [-0.15, -0.1) is 0 Å². The molecule has 2 aromatic carbocycles. The van der Waals surface area contributed by atoms with Gasteiger partial charge in [0.15, 0.2) is 0 Å². The topological polar surface area (TPSA) is 78.5 Å². The van der Waals surface area contributed by atoms with Crippen molar-refractivity contribution >= 4 is 29.2 Å². The van der Waals surface area contributed by atoms with E-state index in [2.05, 4.69) is 10.6 Å². The number of carbonyl (C=O) groups excluding carboxylic acids is 3. The van der Waals surface area contributed by atoms with E-state index in [1.165, 1.54) is 30.3 Å². The smallest absolute Gasteiger partial charge is 0.308 e. The average Bonchev–Trinajstić information content (AvgIpc) is 2.85. The predicted octanol–water partition coefficient (Wildman–Crippen LogP) is 4.35. The van der Waals surface area contributed by atoms with Gasteiger partial charge >= 0.3 is 12.2 Å². The van der Waals surface area contributed by atoms with Gasteiger partial charge in [-0.25, -0.2) is 4.79 Å². The third-order valence-electron chi connectivity index (χ3n) is 4.17. The molecule has 0 saturated heterocycles. The van der Waals surface area contributed by atoms with Crippen LogP contribution in [0.5, 0.6) is 0 Å². The first-order valence-corrected chi connectivity index (χ1v) is 8.35. The minimum Gasteiger partial charge on any atom is -0.308 e. The predicted molar refractivity (Wildman–Crippen MR) is 96.2 cm³/mol. The molecule has 0 spiro atoms. The Balaban J connectivity index is 1.79. The van der Waals surface area contributed by atoms with Gasteiger partial charge in [-0.05, 0) is 44.2 Å². The normalized spacial score (nSPS) is 13.7. The lowest BCUT2D eigenvalue weighted by atomic mass is 10.1. The summed E-state index contributed by atoms with van der Waals surface area (Å²) in [5.41, 5.74) is -0.856. The van der Waals surface area contributed by atoms with Gasteiger partial charge in [-0.2, -0.15) is 13.2 Å². The van der Waals surface area contributed by atoms with Crippen LogP contribution in [0.15, 0.2) is 42.5 Å². The number of nitrogens with one attached hydrogen (secondary N) is 2. The quantitative estimate of drug-likeness (QED) is 0.764. The largest absolute Gasteiger partial charge is 0.418 e. The summed E-state index contributed by atoms with van der Waals surface area (Å²) in [5.74, 6) is -0.911. The number of imide groups is 1. The Bertz CT molecular complexity index is 970. The van der Waals surface area contributed by atoms with E-state index in [4.69, 9.17) is 0 Å². The lowest BCUT2D eigenvalue weighted by Gasteiger charge is -2.17. The molecule has 1 aliphatic heterocycles. The zero-order valence-corrected chi connectivity index (χ0v) is 14.9. The molecule has 0 radical (unpaired) electrons. The van der Waals surface area contributed by atoms with E-state index >= 15 is 0 Å². The highest BCUT2D eigenvalue weighted by Gasteiger charge is 2.37. The number of fused-ring (bicyclic) bond motifs is 1. The van der Waals surface area contributed by atoms with E-state index in [-0.39, 0.29) is 22.9 Å². The standard InChI is InChI=1S/C19H16F3N3O3/c1-10(2)25-16(26)12-8-7-11(9-13(12)17(25)27)23-18(28)24-15-6-4-3-5-14(15)19(20,21)22/h3-10H,1-2H3,(H2,23,24,28). The number of hydrogen-bond acceptors (Lipinski definition) is 3. The number of rotatable bonds is 3. The van der Waals surface area contributed by atoms with Crippen LogP contribution in [0.3, 0.4) is 0 Å². The molecular formula is C19H16F3N3O3. The van der Waals surface area contributed by atoms with Crippen LogP contribution < -0.4 is 10.6 Å². The van der Waals surface area contributed by atoms with Gasteiger partial charge in [-0.1, -0.05) is 12.1 Å². The second kappa shape index (κ2) is 6.99. The summed E-state index contributed by atoms with van der Waals surface area (Å²) in [6.45, 7) is 3.40. The van der Waals surface area contributed by atoms with Crippen molar-refractivity contribution in [2.75, 3.05) is 10.6 Å². The average molecular weight is 391 g/mol. The van der Waals surface area contributed by atoms with Crippen LogP contribution in [0.1, 0.15) is 40.1 Å². The molecule has 0 aliphatic carbocycles. The van der Waals surface area contributed by atoms with Crippen molar-refractivity contribution < 1.29 is 27.6 Å². The van der Waals surface area contributed by atoms with Gasteiger partial charge in [0.2, 0.25) is 0 Å². The third kappa shape index (κ3) is 3.55. The number of carbonyl (C=O) groups is 3. The van der Waals surface area contributed by atoms with Crippen molar-refractivity contribution in [3.05, 3.63) is 59.2 Å². The molecule has 0 fully saturated rings. The molecule has 0 saturated carbocycles. The van der Waals surface area contributed by atoms with Gasteiger partial charge < -0.3 is 10.6 Å². The Labute approximate surface area is 158 Å². The fourth-order valence-corrected chi connectivity index (χ4v) is 2.93. The number of benzene rings is 2. The molecule has 28 heavy (non-hydrogen) atoms. The molecular weight excluding hydrogens is 375 g/mol. The summed E-state index contributed by atoms with van der Waals surface area (Å²) in [4.78, 5) is 37.9. The number of hydrogen-bond donors (Lipinski definition) is 2. The molecule has 4 amide bonds. The molecule has 9 heteroatoms. The van der Waals surface area contributed by atoms with Crippen LogP contribution in [0, 0.1) is 0 Å². The summed E-state index contributed by atoms with van der Waals surface area (Å²) in [5, 5.41) is 4.53. The SMILES string of the molecule is CC(C)N1C(=O)c2ccc(NC(=O)Nc3ccccc3C(F)(F)F)cc2C1=O. The molecule has 146 valence electrons. The molecule has 2 aromatic rings. The van der Waals surface area contributed by atoms with E-state index in [1.54, 1.807) is 13.8 Å². The summed E-state index contributed by atoms with van der Waals surface area (Å²) in [6, 6.07) is 7.47. The molecule has 2 N–H and O–H groups in total. The lowest BCUT2D eigenvalue weighted by Crippen LogP contribution is -2.35. The second-order valence-electron chi connectivity index (χ2n) is 6.46. The molecule has 1 aliphatic rings. The zero-order chi connectivity index (χ0) is 20.6. The van der Waals surface area contributed by atoms with Crippen LogP contribution in [0.2, 0.25) is 0 Å². The molecule has 0 aromatic heterocycles. The number of amides is 4. The van der Waals surface area contributed by atoms with E-state index < -0.39 is 35.3 Å². The van der Waals surface area contributed by atoms with E-state index in [0.717, 1.165) is 17.0 Å². The first-order valence-electron chi connectivity index (χ1n) is 8.35. The fourth-order valence-electron chi connectivity index (χ4n) is 2.93. The molecule has 1 heterocycles.